The molecule has 3 rings (SSSR count). The van der Waals surface area contributed by atoms with Crippen molar-refractivity contribution in [3.63, 3.8) is 0 Å². The minimum Gasteiger partial charge on any atom is -0.247 e. The highest BCUT2D eigenvalue weighted by atomic mass is 35.5. The predicted octanol–water partition coefficient (Wildman–Crippen LogP) is 4.94. The van der Waals surface area contributed by atoms with Crippen LogP contribution in [0.25, 0.3) is 22.2 Å². The van der Waals surface area contributed by atoms with Gasteiger partial charge in [0.1, 0.15) is 0 Å². The van der Waals surface area contributed by atoms with Gasteiger partial charge >= 0.3 is 0 Å². The van der Waals surface area contributed by atoms with Crippen molar-refractivity contribution in [2.45, 2.75) is 13.8 Å². The molecule has 0 fully saturated rings. The van der Waals surface area contributed by atoms with Gasteiger partial charge < -0.3 is 0 Å². The van der Waals surface area contributed by atoms with Crippen molar-refractivity contribution in [3.8, 4) is 11.3 Å². The summed E-state index contributed by atoms with van der Waals surface area (Å²) in [6, 6.07) is 18.7. The van der Waals surface area contributed by atoms with Crippen molar-refractivity contribution in [2.75, 3.05) is 0 Å². The van der Waals surface area contributed by atoms with Crippen LogP contribution in [0.3, 0.4) is 0 Å². The number of fused-ring (bicyclic) bond motifs is 1. The maximum atomic E-state index is 4.81. The lowest BCUT2D eigenvalue weighted by atomic mass is 9.99. The van der Waals surface area contributed by atoms with Gasteiger partial charge in [0.15, 0.2) is 0 Å². The summed E-state index contributed by atoms with van der Waals surface area (Å²) in [5.41, 5.74) is 5.93. The van der Waals surface area contributed by atoms with Crippen LogP contribution in [0.15, 0.2) is 54.6 Å². The number of hydrogen-bond acceptors (Lipinski definition) is 1. The molecule has 1 heterocycles. The molecule has 1 aromatic heterocycles. The van der Waals surface area contributed by atoms with E-state index in [2.05, 4.69) is 56.3 Å². The van der Waals surface area contributed by atoms with Crippen LogP contribution in [-0.2, 0) is 0 Å². The first kappa shape index (κ1) is 13.6. The molecular formula is C17H16ClN. The van der Waals surface area contributed by atoms with Crippen LogP contribution in [0.5, 0.6) is 0 Å². The number of benzene rings is 2. The maximum absolute atomic E-state index is 4.81. The second-order valence-electron chi connectivity index (χ2n) is 4.59. The predicted molar refractivity (Wildman–Crippen MR) is 83.9 cm³/mol. The van der Waals surface area contributed by atoms with E-state index in [9.17, 15) is 0 Å². The molecule has 0 spiro atoms. The van der Waals surface area contributed by atoms with Gasteiger partial charge in [0, 0.05) is 10.9 Å². The van der Waals surface area contributed by atoms with Crippen molar-refractivity contribution >= 4 is 23.3 Å². The SMILES string of the molecule is Cc1c(-c2ccccc2)nc2ccccc2c1C.Cl. The van der Waals surface area contributed by atoms with Gasteiger partial charge in [-0.2, -0.15) is 0 Å². The maximum Gasteiger partial charge on any atom is 0.0741 e. The minimum absolute atomic E-state index is 0. The summed E-state index contributed by atoms with van der Waals surface area (Å²) in [5, 5.41) is 1.25. The Morgan fingerprint density at radius 3 is 2.11 bits per heavy atom. The number of para-hydroxylation sites is 1. The van der Waals surface area contributed by atoms with Gasteiger partial charge in [-0.25, -0.2) is 4.98 Å². The third kappa shape index (κ3) is 2.34. The molecule has 0 saturated heterocycles. The molecule has 96 valence electrons. The molecule has 0 radical (unpaired) electrons. The van der Waals surface area contributed by atoms with Gasteiger partial charge in [0.2, 0.25) is 0 Å². The molecule has 1 nitrogen and oxygen atoms in total. The van der Waals surface area contributed by atoms with E-state index in [1.807, 2.05) is 12.1 Å². The monoisotopic (exact) mass is 269 g/mol. The van der Waals surface area contributed by atoms with E-state index in [-0.39, 0.29) is 12.4 Å². The quantitative estimate of drug-likeness (QED) is 0.610. The fraction of sp³-hybridized carbons (Fsp3) is 0.118. The number of rotatable bonds is 1. The first-order chi connectivity index (χ1) is 8.77. The Hall–Kier alpha value is -1.86. The summed E-state index contributed by atoms with van der Waals surface area (Å²) < 4.78 is 0. The van der Waals surface area contributed by atoms with Crippen LogP contribution in [0.1, 0.15) is 11.1 Å². The van der Waals surface area contributed by atoms with Gasteiger partial charge in [-0.1, -0.05) is 48.5 Å². The summed E-state index contributed by atoms with van der Waals surface area (Å²) in [4.78, 5) is 4.81. The van der Waals surface area contributed by atoms with Crippen LogP contribution in [0.4, 0.5) is 0 Å². The Balaban J connectivity index is 0.00000133. The number of nitrogens with zero attached hydrogens (tertiary/aromatic N) is 1. The number of aromatic nitrogens is 1. The normalized spacial score (nSPS) is 10.2. The number of halogens is 1. The standard InChI is InChI=1S/C17H15N.ClH/c1-12-13(2)17(14-8-4-3-5-9-14)18-16-11-7-6-10-15(12)16;/h3-11H,1-2H3;1H. The van der Waals surface area contributed by atoms with Crippen LogP contribution in [0.2, 0.25) is 0 Å². The number of hydrogen-bond donors (Lipinski definition) is 0. The Labute approximate surface area is 119 Å². The molecule has 0 unspecified atom stereocenters. The summed E-state index contributed by atoms with van der Waals surface area (Å²) in [7, 11) is 0. The molecule has 3 aromatic rings. The Kier molecular flexibility index (Phi) is 3.87. The molecule has 0 saturated carbocycles. The summed E-state index contributed by atoms with van der Waals surface area (Å²) in [5.74, 6) is 0. The minimum atomic E-state index is 0. The van der Waals surface area contributed by atoms with Gasteiger partial charge in [-0.05, 0) is 31.0 Å². The van der Waals surface area contributed by atoms with E-state index in [1.54, 1.807) is 0 Å². The van der Waals surface area contributed by atoms with E-state index >= 15 is 0 Å². The fourth-order valence-corrected chi connectivity index (χ4v) is 2.35. The molecule has 0 aliphatic heterocycles. The molecule has 2 aromatic carbocycles. The van der Waals surface area contributed by atoms with E-state index in [4.69, 9.17) is 4.98 Å². The van der Waals surface area contributed by atoms with Crippen LogP contribution in [0, 0.1) is 13.8 Å². The largest absolute Gasteiger partial charge is 0.247 e. The van der Waals surface area contributed by atoms with Crippen LogP contribution < -0.4 is 0 Å². The molecule has 0 aliphatic carbocycles. The molecule has 0 aliphatic rings. The average Bonchev–Trinajstić information content (AvgIpc) is 2.44. The van der Waals surface area contributed by atoms with Gasteiger partial charge in [0.25, 0.3) is 0 Å². The molecule has 0 bridgehead atoms. The zero-order chi connectivity index (χ0) is 12.5. The highest BCUT2D eigenvalue weighted by Crippen LogP contribution is 2.28. The van der Waals surface area contributed by atoms with Crippen molar-refractivity contribution in [1.82, 2.24) is 4.98 Å². The van der Waals surface area contributed by atoms with E-state index in [1.165, 1.54) is 22.1 Å². The first-order valence-electron chi connectivity index (χ1n) is 6.19. The lowest BCUT2D eigenvalue weighted by Gasteiger charge is -2.11. The van der Waals surface area contributed by atoms with Crippen molar-refractivity contribution in [2.24, 2.45) is 0 Å². The van der Waals surface area contributed by atoms with Crippen LogP contribution in [-0.4, -0.2) is 4.98 Å². The van der Waals surface area contributed by atoms with Gasteiger partial charge in [-0.3, -0.25) is 0 Å². The van der Waals surface area contributed by atoms with Gasteiger partial charge in [0.05, 0.1) is 11.2 Å². The Morgan fingerprint density at radius 1 is 0.737 bits per heavy atom. The summed E-state index contributed by atoms with van der Waals surface area (Å²) in [6.45, 7) is 4.32. The third-order valence-corrected chi connectivity index (χ3v) is 3.51. The van der Waals surface area contributed by atoms with Crippen LogP contribution >= 0.6 is 12.4 Å². The average molecular weight is 270 g/mol. The summed E-state index contributed by atoms with van der Waals surface area (Å²) in [6.07, 6.45) is 0. The number of aryl methyl sites for hydroxylation is 1. The van der Waals surface area contributed by atoms with E-state index in [0.29, 0.717) is 0 Å². The lowest BCUT2D eigenvalue weighted by Crippen LogP contribution is -1.94. The molecule has 19 heavy (non-hydrogen) atoms. The molecule has 0 atom stereocenters. The molecular weight excluding hydrogens is 254 g/mol. The zero-order valence-electron chi connectivity index (χ0n) is 11.1. The lowest BCUT2D eigenvalue weighted by molar-refractivity contribution is 1.28. The van der Waals surface area contributed by atoms with Crippen molar-refractivity contribution in [3.05, 3.63) is 65.7 Å². The fourth-order valence-electron chi connectivity index (χ4n) is 2.35. The van der Waals surface area contributed by atoms with Gasteiger partial charge in [-0.15, -0.1) is 12.4 Å². The highest BCUT2D eigenvalue weighted by molar-refractivity contribution is 5.86. The second-order valence-corrected chi connectivity index (χ2v) is 4.59. The zero-order valence-corrected chi connectivity index (χ0v) is 11.9. The third-order valence-electron chi connectivity index (χ3n) is 3.51. The topological polar surface area (TPSA) is 12.9 Å². The van der Waals surface area contributed by atoms with E-state index in [0.717, 1.165) is 11.2 Å². The first-order valence-corrected chi connectivity index (χ1v) is 6.19. The summed E-state index contributed by atoms with van der Waals surface area (Å²) >= 11 is 0. The second kappa shape index (κ2) is 5.41. The highest BCUT2D eigenvalue weighted by Gasteiger charge is 2.09. The van der Waals surface area contributed by atoms with Crippen molar-refractivity contribution in [1.29, 1.82) is 0 Å². The van der Waals surface area contributed by atoms with Crippen molar-refractivity contribution < 1.29 is 0 Å². The Morgan fingerprint density at radius 2 is 1.37 bits per heavy atom. The molecule has 0 amide bonds. The smallest absolute Gasteiger partial charge is 0.0741 e. The molecule has 2 heteroatoms. The number of pyridine rings is 1. The molecule has 0 N–H and O–H groups in total. The van der Waals surface area contributed by atoms with E-state index < -0.39 is 0 Å². The Bertz CT molecular complexity index is 705.